The Bertz CT molecular complexity index is 688. The maximum absolute atomic E-state index is 12.6. The first-order chi connectivity index (χ1) is 16.8. The summed E-state index contributed by atoms with van der Waals surface area (Å²) >= 11 is 4.54. The summed E-state index contributed by atoms with van der Waals surface area (Å²) in [5, 5.41) is 0.0109. The van der Waals surface area contributed by atoms with E-state index in [1.165, 1.54) is 43.2 Å². The van der Waals surface area contributed by atoms with Gasteiger partial charge in [-0.2, -0.15) is 0 Å². The molecule has 0 heterocycles. The standard InChI is InChI=1S/C13H27N.C8H10FNS.C4H6BrN.C2H7N.C2H6/c1-6-7-10-13(4,5)11(2)8-9-12(3)14;1-6(10)11-8-4-2-3-7(9)5-8;1-4(5)3-6-2;1-2-3;1-2/h9,11H,6-8,10,14H2,1-5H3;2-6H,10H2,1H3;3H,1H2,2H3;2-3H2,1H3;1-2H3/b12-9+;;;;. The summed E-state index contributed by atoms with van der Waals surface area (Å²) in [7, 11) is 1.70. The predicted molar refractivity (Wildman–Crippen MR) is 169 cm³/mol. The lowest BCUT2D eigenvalue weighted by molar-refractivity contribution is 0.207. The van der Waals surface area contributed by atoms with Crippen LogP contribution in [0.5, 0.6) is 0 Å². The third-order valence-corrected chi connectivity index (χ3v) is 5.79. The Morgan fingerprint density at radius 1 is 1.25 bits per heavy atom. The Labute approximate surface area is 236 Å². The molecule has 0 spiro atoms. The Hall–Kier alpha value is -1.15. The van der Waals surface area contributed by atoms with Crippen molar-refractivity contribution in [3.05, 3.63) is 52.9 Å². The number of rotatable bonds is 9. The molecule has 0 aliphatic rings. The molecule has 1 rings (SSSR count). The molecule has 0 fully saturated rings. The van der Waals surface area contributed by atoms with Crippen molar-refractivity contribution in [1.29, 1.82) is 0 Å². The summed E-state index contributed by atoms with van der Waals surface area (Å²) in [4.78, 5) is 4.54. The number of hydrogen-bond acceptors (Lipinski definition) is 5. The van der Waals surface area contributed by atoms with Crippen LogP contribution >= 0.6 is 27.7 Å². The van der Waals surface area contributed by atoms with Gasteiger partial charge in [0.2, 0.25) is 0 Å². The minimum Gasteiger partial charge on any atom is -0.403 e. The summed E-state index contributed by atoms with van der Waals surface area (Å²) in [6.07, 6.45) is 8.85. The summed E-state index contributed by atoms with van der Waals surface area (Å²) < 4.78 is 13.4. The molecule has 0 aromatic heterocycles. The van der Waals surface area contributed by atoms with Gasteiger partial charge in [-0.1, -0.05) is 80.0 Å². The van der Waals surface area contributed by atoms with Crippen LogP contribution in [0.3, 0.4) is 0 Å². The molecule has 0 bridgehead atoms. The highest BCUT2D eigenvalue weighted by atomic mass is 79.9. The molecule has 1 aromatic carbocycles. The lowest BCUT2D eigenvalue weighted by Crippen LogP contribution is -2.21. The molecule has 0 saturated heterocycles. The number of unbranched alkanes of at least 4 members (excludes halogenated alkanes) is 1. The zero-order valence-corrected chi connectivity index (χ0v) is 27.1. The quantitative estimate of drug-likeness (QED) is 0.152. The second kappa shape index (κ2) is 28.4. The zero-order chi connectivity index (χ0) is 29.2. The first-order valence-corrected chi connectivity index (χ1v) is 14.5. The average Bonchev–Trinajstić information content (AvgIpc) is 2.78. The number of hydrogen-bond donors (Lipinski definition) is 3. The van der Waals surface area contributed by atoms with Gasteiger partial charge >= 0.3 is 0 Å². The molecule has 1 aromatic rings. The molecule has 0 aliphatic heterocycles. The van der Waals surface area contributed by atoms with Crippen molar-refractivity contribution in [1.82, 2.24) is 0 Å². The van der Waals surface area contributed by atoms with Crippen molar-refractivity contribution >= 4 is 33.9 Å². The normalized spacial score (nSPS) is 12.3. The fourth-order valence-electron chi connectivity index (χ4n) is 2.46. The molecular formula is C29H56BrFN4S. The van der Waals surface area contributed by atoms with Crippen LogP contribution in [-0.2, 0) is 0 Å². The van der Waals surface area contributed by atoms with Gasteiger partial charge < -0.3 is 17.2 Å². The third-order valence-electron chi connectivity index (χ3n) is 4.69. The van der Waals surface area contributed by atoms with E-state index in [1.54, 1.807) is 19.3 Å². The molecule has 36 heavy (non-hydrogen) atoms. The second-order valence-corrected chi connectivity index (χ2v) is 11.2. The lowest BCUT2D eigenvalue weighted by atomic mass is 9.74. The molecule has 7 heteroatoms. The van der Waals surface area contributed by atoms with Gasteiger partial charge in [-0.05, 0) is 78.7 Å². The van der Waals surface area contributed by atoms with Gasteiger partial charge in [0.1, 0.15) is 5.82 Å². The molecule has 212 valence electrons. The monoisotopic (exact) mass is 590 g/mol. The van der Waals surface area contributed by atoms with E-state index in [0.717, 1.165) is 28.0 Å². The van der Waals surface area contributed by atoms with E-state index in [0.29, 0.717) is 11.3 Å². The molecule has 0 radical (unpaired) electrons. The molecule has 4 nitrogen and oxygen atoms in total. The predicted octanol–water partition coefficient (Wildman–Crippen LogP) is 8.90. The summed E-state index contributed by atoms with van der Waals surface area (Å²) in [5.74, 6) is 0.503. The van der Waals surface area contributed by atoms with Crippen molar-refractivity contribution in [2.45, 2.75) is 98.3 Å². The van der Waals surface area contributed by atoms with Gasteiger partial charge in [0, 0.05) is 28.3 Å². The third kappa shape index (κ3) is 32.8. The van der Waals surface area contributed by atoms with E-state index in [-0.39, 0.29) is 11.2 Å². The van der Waals surface area contributed by atoms with Crippen molar-refractivity contribution in [3.8, 4) is 0 Å². The van der Waals surface area contributed by atoms with Crippen molar-refractivity contribution in [3.63, 3.8) is 0 Å². The van der Waals surface area contributed by atoms with Crippen LogP contribution in [0.2, 0.25) is 0 Å². The Morgan fingerprint density at radius 3 is 2.11 bits per heavy atom. The lowest BCUT2D eigenvalue weighted by Gasteiger charge is -2.31. The molecule has 0 saturated carbocycles. The first-order valence-electron chi connectivity index (χ1n) is 12.8. The van der Waals surface area contributed by atoms with Gasteiger partial charge in [0.05, 0.1) is 5.37 Å². The number of allylic oxidation sites excluding steroid dienone is 3. The maximum Gasteiger partial charge on any atom is 0.124 e. The number of benzene rings is 1. The van der Waals surface area contributed by atoms with Gasteiger partial charge in [-0.3, -0.25) is 4.99 Å². The van der Waals surface area contributed by atoms with Gasteiger partial charge in [-0.15, -0.1) is 11.8 Å². The van der Waals surface area contributed by atoms with Gasteiger partial charge in [0.15, 0.2) is 0 Å². The van der Waals surface area contributed by atoms with E-state index in [4.69, 9.17) is 17.2 Å². The molecule has 0 aliphatic carbocycles. The summed E-state index contributed by atoms with van der Waals surface area (Å²) in [5.41, 5.74) is 17.4. The van der Waals surface area contributed by atoms with Crippen LogP contribution in [0.25, 0.3) is 0 Å². The van der Waals surface area contributed by atoms with Gasteiger partial charge in [-0.25, -0.2) is 4.39 Å². The fraction of sp³-hybridized carbons (Fsp3) is 0.621. The molecule has 0 amide bonds. The number of nitrogens with two attached hydrogens (primary N) is 3. The molecule has 6 N–H and O–H groups in total. The van der Waals surface area contributed by atoms with Crippen LogP contribution < -0.4 is 17.2 Å². The topological polar surface area (TPSA) is 90.4 Å². The number of aliphatic imine (C=N–C) groups is 1. The van der Waals surface area contributed by atoms with Crippen LogP contribution in [0.15, 0.2) is 57.0 Å². The van der Waals surface area contributed by atoms with E-state index in [9.17, 15) is 4.39 Å². The summed E-state index contributed by atoms with van der Waals surface area (Å²) in [6, 6.07) is 6.43. The number of nitrogens with zero attached hydrogens (tertiary/aromatic N) is 1. The smallest absolute Gasteiger partial charge is 0.124 e. The van der Waals surface area contributed by atoms with Crippen LogP contribution in [-0.4, -0.2) is 25.2 Å². The number of halogens is 2. The molecular weight excluding hydrogens is 535 g/mol. The fourth-order valence-corrected chi connectivity index (χ4v) is 3.43. The van der Waals surface area contributed by atoms with E-state index in [1.807, 2.05) is 40.7 Å². The van der Waals surface area contributed by atoms with Crippen molar-refractivity contribution in [2.24, 2.45) is 33.5 Å². The van der Waals surface area contributed by atoms with Crippen molar-refractivity contribution < 1.29 is 4.39 Å². The minimum atomic E-state index is -0.212. The van der Waals surface area contributed by atoms with E-state index in [2.05, 4.69) is 61.3 Å². The average molecular weight is 592 g/mol. The minimum absolute atomic E-state index is 0.0109. The molecule has 2 unspecified atom stereocenters. The second-order valence-electron chi connectivity index (χ2n) is 8.70. The largest absolute Gasteiger partial charge is 0.403 e. The Kier molecular flexibility index (Phi) is 33.1. The maximum atomic E-state index is 12.6. The highest BCUT2D eigenvalue weighted by Gasteiger charge is 2.23. The highest BCUT2D eigenvalue weighted by molar-refractivity contribution is 9.12. The SMILES string of the molecule is C=C(Br)C=NC.CC.CC(N)Sc1cccc(F)c1.CCCCC(C)(C)C(C)C/C=C(\C)N.CCN. The van der Waals surface area contributed by atoms with Crippen LogP contribution in [0.4, 0.5) is 4.39 Å². The summed E-state index contributed by atoms with van der Waals surface area (Å²) in [6.45, 7) is 23.3. The zero-order valence-electron chi connectivity index (χ0n) is 24.7. The van der Waals surface area contributed by atoms with E-state index >= 15 is 0 Å². The highest BCUT2D eigenvalue weighted by Crippen LogP contribution is 2.34. The Morgan fingerprint density at radius 2 is 1.78 bits per heavy atom. The first kappa shape index (κ1) is 42.0. The van der Waals surface area contributed by atoms with Crippen LogP contribution in [0, 0.1) is 17.2 Å². The molecule has 2 atom stereocenters. The van der Waals surface area contributed by atoms with Crippen molar-refractivity contribution in [2.75, 3.05) is 13.6 Å². The van der Waals surface area contributed by atoms with E-state index < -0.39 is 0 Å². The van der Waals surface area contributed by atoms with Crippen LogP contribution in [0.1, 0.15) is 88.0 Å². The van der Waals surface area contributed by atoms with Gasteiger partial charge in [0.25, 0.3) is 0 Å². The number of thioether (sulfide) groups is 1. The Balaban J connectivity index is -0.000000206.